The number of nitro groups is 1. The topological polar surface area (TPSA) is 195 Å². The van der Waals surface area contributed by atoms with Gasteiger partial charge in [-0.2, -0.15) is 0 Å². The summed E-state index contributed by atoms with van der Waals surface area (Å²) < 4.78 is 4.59. The van der Waals surface area contributed by atoms with Gasteiger partial charge < -0.3 is 25.9 Å². The number of ether oxygens (including phenoxy) is 1. The van der Waals surface area contributed by atoms with E-state index in [0.717, 1.165) is 25.7 Å². The largest absolute Gasteiger partial charge is 0.469 e. The van der Waals surface area contributed by atoms with Gasteiger partial charge in [0.05, 0.1) is 13.2 Å². The van der Waals surface area contributed by atoms with E-state index in [-0.39, 0.29) is 43.1 Å². The number of aliphatic imine (C=N–C) groups is 1. The van der Waals surface area contributed by atoms with Gasteiger partial charge in [0.25, 0.3) is 5.96 Å². The first kappa shape index (κ1) is 31.8. The first-order valence-electron chi connectivity index (χ1n) is 11.9. The molecule has 0 aliphatic rings. The normalized spacial score (nSPS) is 13.0. The molecule has 0 rings (SSSR count). The van der Waals surface area contributed by atoms with Gasteiger partial charge in [-0.25, -0.2) is 15.1 Å². The zero-order valence-corrected chi connectivity index (χ0v) is 20.9. The SMILES string of the molecule is COC(=O)CCCCCCCC(=O)NC(CCCN=C(N)N[N+](=O)[O-])C(=O)NC(C=O)CC(C)C. The zero-order chi connectivity index (χ0) is 26.6. The van der Waals surface area contributed by atoms with Crippen LogP contribution in [0.1, 0.15) is 78.1 Å². The maximum atomic E-state index is 12.7. The van der Waals surface area contributed by atoms with Crippen molar-refractivity contribution in [3.63, 3.8) is 0 Å². The van der Waals surface area contributed by atoms with Gasteiger partial charge >= 0.3 is 5.97 Å². The lowest BCUT2D eigenvalue weighted by Gasteiger charge is -2.21. The number of hydrogen-bond donors (Lipinski definition) is 4. The summed E-state index contributed by atoms with van der Waals surface area (Å²) in [5.41, 5.74) is 7.10. The lowest BCUT2D eigenvalue weighted by atomic mass is 10.0. The molecule has 2 atom stereocenters. The number of carbonyl (C=O) groups is 4. The molecular formula is C22H40N6O7. The minimum absolute atomic E-state index is 0.112. The van der Waals surface area contributed by atoms with Gasteiger partial charge in [-0.3, -0.25) is 14.4 Å². The molecule has 0 heterocycles. The molecule has 0 spiro atoms. The molecule has 0 radical (unpaired) electrons. The van der Waals surface area contributed by atoms with Crippen molar-refractivity contribution in [2.24, 2.45) is 16.6 Å². The fourth-order valence-corrected chi connectivity index (χ4v) is 3.29. The van der Waals surface area contributed by atoms with E-state index in [0.29, 0.717) is 32.0 Å². The molecule has 0 saturated heterocycles. The van der Waals surface area contributed by atoms with Crippen LogP contribution in [0, 0.1) is 16.0 Å². The molecule has 0 aromatic carbocycles. The number of rotatable bonds is 19. The Morgan fingerprint density at radius 1 is 1.06 bits per heavy atom. The number of carbonyl (C=O) groups excluding carboxylic acids is 4. The molecule has 200 valence electrons. The molecule has 13 heteroatoms. The summed E-state index contributed by atoms with van der Waals surface area (Å²) in [4.78, 5) is 61.7. The minimum atomic E-state index is -0.878. The average Bonchev–Trinajstić information content (AvgIpc) is 2.78. The van der Waals surface area contributed by atoms with E-state index in [1.807, 2.05) is 13.8 Å². The molecule has 0 aliphatic carbocycles. The molecule has 13 nitrogen and oxygen atoms in total. The van der Waals surface area contributed by atoms with Crippen molar-refractivity contribution in [3.8, 4) is 0 Å². The number of methoxy groups -OCH3 is 1. The van der Waals surface area contributed by atoms with E-state index < -0.39 is 23.0 Å². The van der Waals surface area contributed by atoms with E-state index in [1.165, 1.54) is 7.11 Å². The Hall–Kier alpha value is -3.25. The van der Waals surface area contributed by atoms with Crippen LogP contribution in [-0.2, 0) is 23.9 Å². The van der Waals surface area contributed by atoms with Crippen LogP contribution < -0.4 is 21.8 Å². The molecular weight excluding hydrogens is 460 g/mol. The van der Waals surface area contributed by atoms with Gasteiger partial charge in [0.2, 0.25) is 11.8 Å². The van der Waals surface area contributed by atoms with E-state index in [4.69, 9.17) is 5.73 Å². The van der Waals surface area contributed by atoms with Crippen molar-refractivity contribution in [1.29, 1.82) is 0 Å². The number of hydrazine groups is 1. The molecule has 0 saturated carbocycles. The van der Waals surface area contributed by atoms with Crippen molar-refractivity contribution in [1.82, 2.24) is 16.1 Å². The van der Waals surface area contributed by atoms with Gasteiger partial charge in [0.15, 0.2) is 5.03 Å². The van der Waals surface area contributed by atoms with Crippen LogP contribution in [0.4, 0.5) is 0 Å². The second kappa shape index (κ2) is 19.1. The van der Waals surface area contributed by atoms with Crippen molar-refractivity contribution in [2.75, 3.05) is 13.7 Å². The maximum Gasteiger partial charge on any atom is 0.305 e. The Morgan fingerprint density at radius 3 is 2.26 bits per heavy atom. The third-order valence-electron chi connectivity index (χ3n) is 5.02. The highest BCUT2D eigenvalue weighted by Gasteiger charge is 2.23. The van der Waals surface area contributed by atoms with Crippen molar-refractivity contribution < 1.29 is 28.9 Å². The van der Waals surface area contributed by atoms with Crippen LogP contribution in [0.5, 0.6) is 0 Å². The van der Waals surface area contributed by atoms with Gasteiger partial charge in [0.1, 0.15) is 12.3 Å². The van der Waals surface area contributed by atoms with Crippen LogP contribution in [0.3, 0.4) is 0 Å². The highest BCUT2D eigenvalue weighted by Crippen LogP contribution is 2.09. The lowest BCUT2D eigenvalue weighted by molar-refractivity contribution is -0.525. The van der Waals surface area contributed by atoms with E-state index in [2.05, 4.69) is 20.4 Å². The van der Waals surface area contributed by atoms with Crippen molar-refractivity contribution in [3.05, 3.63) is 10.1 Å². The minimum Gasteiger partial charge on any atom is -0.469 e. The quantitative estimate of drug-likeness (QED) is 0.0380. The third kappa shape index (κ3) is 17.8. The van der Waals surface area contributed by atoms with Crippen LogP contribution in [-0.4, -0.2) is 60.8 Å². The Bertz CT molecular complexity index is 714. The number of esters is 1. The second-order valence-electron chi connectivity index (χ2n) is 8.62. The Balaban J connectivity index is 4.71. The average molecular weight is 501 g/mol. The van der Waals surface area contributed by atoms with E-state index in [1.54, 1.807) is 5.43 Å². The highest BCUT2D eigenvalue weighted by atomic mass is 16.7. The van der Waals surface area contributed by atoms with Gasteiger partial charge in [-0.1, -0.05) is 38.5 Å². The summed E-state index contributed by atoms with van der Waals surface area (Å²) in [5.74, 6) is -1.16. The second-order valence-corrected chi connectivity index (χ2v) is 8.62. The first-order valence-corrected chi connectivity index (χ1v) is 11.9. The molecule has 2 unspecified atom stereocenters. The monoisotopic (exact) mass is 500 g/mol. The van der Waals surface area contributed by atoms with Crippen LogP contribution in [0.15, 0.2) is 4.99 Å². The highest BCUT2D eigenvalue weighted by molar-refractivity contribution is 5.89. The fraction of sp³-hybridized carbons (Fsp3) is 0.773. The number of unbranched alkanes of at least 4 members (excludes halogenated alkanes) is 4. The first-order chi connectivity index (χ1) is 16.6. The molecule has 2 amide bonds. The predicted octanol–water partition coefficient (Wildman–Crippen LogP) is 0.981. The number of nitrogens with one attached hydrogen (secondary N) is 3. The molecule has 35 heavy (non-hydrogen) atoms. The standard InChI is InChI=1S/C22H40N6O7/c1-16(2)14-17(15-29)25-21(32)18(10-9-13-24-22(23)27-28(33)34)26-19(30)11-7-5-4-6-8-12-20(31)35-3/h15-18H,4-14H2,1-3H3,(H,25,32)(H,26,30)(H3,23,24,27). The number of nitrogens with two attached hydrogens (primary N) is 1. The molecule has 5 N–H and O–H groups in total. The fourth-order valence-electron chi connectivity index (χ4n) is 3.29. The number of amides is 2. The molecule has 0 aromatic rings. The van der Waals surface area contributed by atoms with Crippen LogP contribution in [0.2, 0.25) is 0 Å². The van der Waals surface area contributed by atoms with Gasteiger partial charge in [-0.15, -0.1) is 0 Å². The summed E-state index contributed by atoms with van der Waals surface area (Å²) in [6, 6.07) is -1.54. The molecule has 0 fully saturated rings. The number of nitrogens with zero attached hydrogens (tertiary/aromatic N) is 2. The van der Waals surface area contributed by atoms with E-state index in [9.17, 15) is 29.3 Å². The number of aldehydes is 1. The predicted molar refractivity (Wildman–Crippen MR) is 130 cm³/mol. The third-order valence-corrected chi connectivity index (χ3v) is 5.02. The Kier molecular flexibility index (Phi) is 17.3. The Labute approximate surface area is 206 Å². The summed E-state index contributed by atoms with van der Waals surface area (Å²) in [6.45, 7) is 3.97. The smallest absolute Gasteiger partial charge is 0.305 e. The van der Waals surface area contributed by atoms with Crippen LogP contribution in [0.25, 0.3) is 0 Å². The summed E-state index contributed by atoms with van der Waals surface area (Å²) in [6.07, 6.45) is 6.22. The maximum absolute atomic E-state index is 12.7. The van der Waals surface area contributed by atoms with Crippen molar-refractivity contribution >= 4 is 30.0 Å². The number of guanidine groups is 1. The zero-order valence-electron chi connectivity index (χ0n) is 20.9. The summed E-state index contributed by atoms with van der Waals surface area (Å²) >= 11 is 0. The molecule has 0 aromatic heterocycles. The summed E-state index contributed by atoms with van der Waals surface area (Å²) in [7, 11) is 1.36. The number of hydrogen-bond acceptors (Lipinski definition) is 8. The van der Waals surface area contributed by atoms with E-state index >= 15 is 0 Å². The molecule has 0 aliphatic heterocycles. The van der Waals surface area contributed by atoms with Crippen LogP contribution >= 0.6 is 0 Å². The summed E-state index contributed by atoms with van der Waals surface area (Å²) in [5, 5.41) is 14.9. The van der Waals surface area contributed by atoms with Crippen molar-refractivity contribution in [2.45, 2.75) is 90.1 Å². The van der Waals surface area contributed by atoms with Gasteiger partial charge in [0, 0.05) is 19.4 Å². The Morgan fingerprint density at radius 2 is 1.69 bits per heavy atom. The lowest BCUT2D eigenvalue weighted by Crippen LogP contribution is -2.50. The molecule has 0 bridgehead atoms. The van der Waals surface area contributed by atoms with Gasteiger partial charge in [-0.05, 0) is 38.0 Å².